The lowest BCUT2D eigenvalue weighted by Gasteiger charge is -2.34. The lowest BCUT2D eigenvalue weighted by molar-refractivity contribution is 0.0923. The van der Waals surface area contributed by atoms with Gasteiger partial charge in [0.1, 0.15) is 0 Å². The molecule has 28 heavy (non-hydrogen) atoms. The second-order valence-corrected chi connectivity index (χ2v) is 8.94. The quantitative estimate of drug-likeness (QED) is 0.688. The normalized spacial score (nSPS) is 16.0. The molecule has 1 fully saturated rings. The van der Waals surface area contributed by atoms with Gasteiger partial charge in [-0.25, -0.2) is 8.42 Å². The summed E-state index contributed by atoms with van der Waals surface area (Å²) in [6, 6.07) is 17.2. The zero-order valence-corrected chi connectivity index (χ0v) is 17.0. The zero-order chi connectivity index (χ0) is 20.0. The van der Waals surface area contributed by atoms with Crippen LogP contribution in [0.2, 0.25) is 0 Å². The molecule has 2 aromatic rings. The molecule has 6 nitrogen and oxygen atoms in total. The van der Waals surface area contributed by atoms with Crippen LogP contribution in [0.1, 0.15) is 22.3 Å². The standard InChI is InChI=1S/C21H27N3O3S/c1-28(26,27)22-20-10-6-5-9-19(20)21(25)11-12-23-13-15-24(16-14-23)17-18-7-3-2-4-8-18/h2-10,22H,11-17H2,1H3. The number of para-hydroxylation sites is 1. The van der Waals surface area contributed by atoms with Crippen LogP contribution in [-0.4, -0.2) is 63.0 Å². The number of carbonyl (C=O) groups is 1. The van der Waals surface area contributed by atoms with Gasteiger partial charge >= 0.3 is 0 Å². The van der Waals surface area contributed by atoms with E-state index < -0.39 is 10.0 Å². The van der Waals surface area contributed by atoms with E-state index in [-0.39, 0.29) is 5.78 Å². The lowest BCUT2D eigenvalue weighted by Crippen LogP contribution is -2.46. The zero-order valence-electron chi connectivity index (χ0n) is 16.2. The van der Waals surface area contributed by atoms with Crippen molar-refractivity contribution in [1.82, 2.24) is 9.80 Å². The number of carbonyl (C=O) groups excluding carboxylic acids is 1. The third-order valence-electron chi connectivity index (χ3n) is 4.89. The molecule has 150 valence electrons. The Bertz CT molecular complexity index is 892. The van der Waals surface area contributed by atoms with Crippen molar-refractivity contribution >= 4 is 21.5 Å². The average molecular weight is 402 g/mol. The molecule has 0 atom stereocenters. The van der Waals surface area contributed by atoms with E-state index in [1.54, 1.807) is 24.3 Å². The summed E-state index contributed by atoms with van der Waals surface area (Å²) >= 11 is 0. The summed E-state index contributed by atoms with van der Waals surface area (Å²) in [5.41, 5.74) is 2.10. The molecule has 7 heteroatoms. The summed E-state index contributed by atoms with van der Waals surface area (Å²) in [4.78, 5) is 17.4. The minimum Gasteiger partial charge on any atom is -0.300 e. The van der Waals surface area contributed by atoms with Gasteiger partial charge < -0.3 is 4.90 Å². The maximum atomic E-state index is 12.6. The van der Waals surface area contributed by atoms with Crippen LogP contribution in [0.25, 0.3) is 0 Å². The molecule has 0 aromatic heterocycles. The minimum atomic E-state index is -3.42. The first-order valence-electron chi connectivity index (χ1n) is 9.49. The van der Waals surface area contributed by atoms with Crippen LogP contribution in [0.5, 0.6) is 0 Å². The average Bonchev–Trinajstić information content (AvgIpc) is 2.67. The summed E-state index contributed by atoms with van der Waals surface area (Å²) in [6.45, 7) is 5.47. The Kier molecular flexibility index (Phi) is 6.83. The SMILES string of the molecule is CS(=O)(=O)Nc1ccccc1C(=O)CCN1CCN(Cc2ccccc2)CC1. The van der Waals surface area contributed by atoms with Crippen molar-refractivity contribution in [3.05, 3.63) is 65.7 Å². The molecule has 0 amide bonds. The highest BCUT2D eigenvalue weighted by atomic mass is 32.2. The highest BCUT2D eigenvalue weighted by molar-refractivity contribution is 7.92. The molecular formula is C21H27N3O3S. The van der Waals surface area contributed by atoms with Gasteiger partial charge in [0.2, 0.25) is 10.0 Å². The third-order valence-corrected chi connectivity index (χ3v) is 5.48. The monoisotopic (exact) mass is 401 g/mol. The Morgan fingerprint density at radius 1 is 0.929 bits per heavy atom. The van der Waals surface area contributed by atoms with Crippen LogP contribution < -0.4 is 4.72 Å². The van der Waals surface area contributed by atoms with E-state index in [0.29, 0.717) is 24.2 Å². The van der Waals surface area contributed by atoms with E-state index in [0.717, 1.165) is 39.0 Å². The van der Waals surface area contributed by atoms with E-state index in [1.807, 2.05) is 6.07 Å². The number of ketones is 1. The van der Waals surface area contributed by atoms with Crippen molar-refractivity contribution in [3.8, 4) is 0 Å². The fourth-order valence-corrected chi connectivity index (χ4v) is 4.00. The predicted octanol–water partition coefficient (Wildman–Crippen LogP) is 2.45. The molecule has 1 aliphatic rings. The highest BCUT2D eigenvalue weighted by Crippen LogP contribution is 2.18. The molecule has 1 saturated heterocycles. The molecule has 0 unspecified atom stereocenters. The molecule has 1 aliphatic heterocycles. The van der Waals surface area contributed by atoms with Crippen molar-refractivity contribution in [2.45, 2.75) is 13.0 Å². The van der Waals surface area contributed by atoms with Gasteiger partial charge in [0, 0.05) is 51.3 Å². The lowest BCUT2D eigenvalue weighted by atomic mass is 10.1. The van der Waals surface area contributed by atoms with Crippen LogP contribution in [-0.2, 0) is 16.6 Å². The minimum absolute atomic E-state index is 0.0431. The van der Waals surface area contributed by atoms with Gasteiger partial charge in [0.25, 0.3) is 0 Å². The van der Waals surface area contributed by atoms with Gasteiger partial charge in [-0.1, -0.05) is 42.5 Å². The fourth-order valence-electron chi connectivity index (χ4n) is 3.42. The predicted molar refractivity (Wildman–Crippen MR) is 112 cm³/mol. The number of anilines is 1. The molecule has 1 N–H and O–H groups in total. The molecule has 2 aromatic carbocycles. The summed E-state index contributed by atoms with van der Waals surface area (Å²) < 4.78 is 25.4. The van der Waals surface area contributed by atoms with Crippen LogP contribution in [0, 0.1) is 0 Å². The number of nitrogens with zero attached hydrogens (tertiary/aromatic N) is 2. The second kappa shape index (κ2) is 9.32. The maximum Gasteiger partial charge on any atom is 0.229 e. The molecule has 0 aliphatic carbocycles. The van der Waals surface area contributed by atoms with E-state index in [4.69, 9.17) is 0 Å². The van der Waals surface area contributed by atoms with E-state index >= 15 is 0 Å². The largest absolute Gasteiger partial charge is 0.300 e. The Labute approximate surface area is 167 Å². The van der Waals surface area contributed by atoms with Crippen molar-refractivity contribution in [2.75, 3.05) is 43.7 Å². The van der Waals surface area contributed by atoms with Crippen molar-refractivity contribution in [2.24, 2.45) is 0 Å². The fraction of sp³-hybridized carbons (Fsp3) is 0.381. The first-order chi connectivity index (χ1) is 13.4. The first kappa shape index (κ1) is 20.5. The molecule has 0 spiro atoms. The number of Topliss-reactive ketones (excluding diaryl/α,β-unsaturated/α-hetero) is 1. The molecule has 1 heterocycles. The molecule has 3 rings (SSSR count). The van der Waals surface area contributed by atoms with Crippen LogP contribution in [0.4, 0.5) is 5.69 Å². The van der Waals surface area contributed by atoms with Gasteiger partial charge in [0.15, 0.2) is 5.78 Å². The molecular weight excluding hydrogens is 374 g/mol. The van der Waals surface area contributed by atoms with Crippen molar-refractivity contribution in [1.29, 1.82) is 0 Å². The number of nitrogens with one attached hydrogen (secondary N) is 1. The Hall–Kier alpha value is -2.22. The van der Waals surface area contributed by atoms with Gasteiger partial charge in [-0.3, -0.25) is 14.4 Å². The van der Waals surface area contributed by atoms with Crippen LogP contribution in [0.3, 0.4) is 0 Å². The Morgan fingerprint density at radius 3 is 2.21 bits per heavy atom. The molecule has 0 saturated carbocycles. The van der Waals surface area contributed by atoms with Crippen molar-refractivity contribution < 1.29 is 13.2 Å². The van der Waals surface area contributed by atoms with Gasteiger partial charge in [-0.15, -0.1) is 0 Å². The summed E-state index contributed by atoms with van der Waals surface area (Å²) in [7, 11) is -3.42. The van der Waals surface area contributed by atoms with E-state index in [9.17, 15) is 13.2 Å². The number of hydrogen-bond acceptors (Lipinski definition) is 5. The number of hydrogen-bond donors (Lipinski definition) is 1. The maximum absolute atomic E-state index is 12.6. The topological polar surface area (TPSA) is 69.7 Å². The summed E-state index contributed by atoms with van der Waals surface area (Å²) in [5, 5.41) is 0. The first-order valence-corrected chi connectivity index (χ1v) is 11.4. The third kappa shape index (κ3) is 6.15. The van der Waals surface area contributed by atoms with Gasteiger partial charge in [-0.2, -0.15) is 0 Å². The number of piperazine rings is 1. The number of benzene rings is 2. The Morgan fingerprint density at radius 2 is 1.54 bits per heavy atom. The highest BCUT2D eigenvalue weighted by Gasteiger charge is 2.19. The van der Waals surface area contributed by atoms with E-state index in [1.165, 1.54) is 5.56 Å². The smallest absolute Gasteiger partial charge is 0.229 e. The Balaban J connectivity index is 1.49. The van der Waals surface area contributed by atoms with Crippen LogP contribution in [0.15, 0.2) is 54.6 Å². The molecule has 0 bridgehead atoms. The van der Waals surface area contributed by atoms with Crippen LogP contribution >= 0.6 is 0 Å². The van der Waals surface area contributed by atoms with Gasteiger partial charge in [0.05, 0.1) is 11.9 Å². The molecule has 0 radical (unpaired) electrons. The second-order valence-electron chi connectivity index (χ2n) is 7.20. The number of rotatable bonds is 8. The summed E-state index contributed by atoms with van der Waals surface area (Å²) in [6.07, 6.45) is 1.46. The van der Waals surface area contributed by atoms with Gasteiger partial charge in [-0.05, 0) is 17.7 Å². The number of sulfonamides is 1. The summed E-state index contributed by atoms with van der Waals surface area (Å²) in [5.74, 6) is -0.0431. The van der Waals surface area contributed by atoms with Crippen molar-refractivity contribution in [3.63, 3.8) is 0 Å². The van der Waals surface area contributed by atoms with E-state index in [2.05, 4.69) is 38.8 Å².